The van der Waals surface area contributed by atoms with Gasteiger partial charge in [0.2, 0.25) is 35.4 Å². The van der Waals surface area contributed by atoms with Crippen LogP contribution in [0.3, 0.4) is 0 Å². The van der Waals surface area contributed by atoms with E-state index >= 15 is 0 Å². The molecule has 0 fully saturated rings. The Morgan fingerprint density at radius 2 is 1.02 bits per heavy atom. The third kappa shape index (κ3) is 15.4. The van der Waals surface area contributed by atoms with Crippen LogP contribution in [-0.2, 0) is 33.5 Å². The van der Waals surface area contributed by atoms with Crippen molar-refractivity contribution in [3.63, 3.8) is 0 Å². The molecule has 242 valence electrons. The second kappa shape index (κ2) is 18.2. The molecule has 0 radical (unpaired) electrons. The zero-order valence-corrected chi connectivity index (χ0v) is 26.5. The molecule has 2 N–H and O–H groups in total. The summed E-state index contributed by atoms with van der Waals surface area (Å²) in [6, 6.07) is 0. The number of ether oxygens (including phenoxy) is 1. The van der Waals surface area contributed by atoms with Gasteiger partial charge in [0.15, 0.2) is 0 Å². The van der Waals surface area contributed by atoms with Gasteiger partial charge in [-0.15, -0.1) is 13.2 Å². The maximum atomic E-state index is 12.7. The summed E-state index contributed by atoms with van der Waals surface area (Å²) in [7, 11) is 5.52. The number of likely N-dealkylation sites (N-methyl/N-ethyl adjacent to an activating group) is 4. The number of carbonyl (C=O) groups is 7. The highest BCUT2D eigenvalue weighted by molar-refractivity contribution is 5.92. The van der Waals surface area contributed by atoms with Crippen LogP contribution in [0.1, 0.15) is 27.2 Å². The fraction of sp³-hybridized carbons (Fsp3) is 0.607. The largest absolute Gasteiger partial charge is 0.444 e. The number of amides is 7. The number of nitrogens with two attached hydrogens (primary N) is 1. The second-order valence-electron chi connectivity index (χ2n) is 11.0. The van der Waals surface area contributed by atoms with Gasteiger partial charge in [0.1, 0.15) is 12.1 Å². The van der Waals surface area contributed by atoms with Gasteiger partial charge in [-0.1, -0.05) is 12.2 Å². The third-order valence-electron chi connectivity index (χ3n) is 5.82. The smallest absolute Gasteiger partial charge is 0.411 e. The zero-order chi connectivity index (χ0) is 33.5. The molecule has 0 heterocycles. The Morgan fingerprint density at radius 1 is 0.628 bits per heavy atom. The molecule has 7 amide bonds. The molecular weight excluding hydrogens is 562 g/mol. The zero-order valence-electron chi connectivity index (χ0n) is 26.5. The summed E-state index contributed by atoms with van der Waals surface area (Å²) in [6.07, 6.45) is 2.76. The van der Waals surface area contributed by atoms with Crippen molar-refractivity contribution in [2.75, 3.05) is 80.5 Å². The van der Waals surface area contributed by atoms with Crippen LogP contribution in [-0.4, -0.2) is 157 Å². The quantitative estimate of drug-likeness (QED) is 0.207. The lowest BCUT2D eigenvalue weighted by Gasteiger charge is -2.28. The predicted octanol–water partition coefficient (Wildman–Crippen LogP) is -0.867. The molecule has 0 saturated carbocycles. The molecule has 0 bridgehead atoms. The monoisotopic (exact) mass is 609 g/mol. The molecule has 0 atom stereocenters. The Hall–Kier alpha value is -4.43. The van der Waals surface area contributed by atoms with E-state index in [-0.39, 0.29) is 52.4 Å². The molecule has 0 spiro atoms. The molecule has 0 saturated heterocycles. The molecule has 0 aromatic heterocycles. The van der Waals surface area contributed by atoms with Crippen LogP contribution in [0, 0.1) is 0 Å². The number of nitrogens with zero attached hydrogens (tertiary/aromatic N) is 6. The van der Waals surface area contributed by atoms with Gasteiger partial charge in [0, 0.05) is 41.3 Å². The van der Waals surface area contributed by atoms with Crippen molar-refractivity contribution < 1.29 is 38.3 Å². The van der Waals surface area contributed by atoms with Gasteiger partial charge in [-0.05, 0) is 27.2 Å². The van der Waals surface area contributed by atoms with Crippen LogP contribution in [0.15, 0.2) is 25.3 Å². The van der Waals surface area contributed by atoms with E-state index < -0.39 is 47.1 Å². The number of rotatable bonds is 17. The van der Waals surface area contributed by atoms with Crippen molar-refractivity contribution in [2.24, 2.45) is 5.73 Å². The minimum Gasteiger partial charge on any atom is -0.444 e. The van der Waals surface area contributed by atoms with Gasteiger partial charge < -0.3 is 35.0 Å². The first-order chi connectivity index (χ1) is 19.8. The molecule has 0 aliphatic carbocycles. The summed E-state index contributed by atoms with van der Waals surface area (Å²) < 4.78 is 5.30. The first-order valence-electron chi connectivity index (χ1n) is 13.5. The van der Waals surface area contributed by atoms with Gasteiger partial charge in [-0.3, -0.25) is 33.7 Å². The average molecular weight is 610 g/mol. The first kappa shape index (κ1) is 38.6. The van der Waals surface area contributed by atoms with E-state index in [1.54, 1.807) is 26.8 Å². The van der Waals surface area contributed by atoms with Crippen LogP contribution < -0.4 is 5.73 Å². The van der Waals surface area contributed by atoms with Gasteiger partial charge in [0.25, 0.3) is 0 Å². The lowest BCUT2D eigenvalue weighted by atomic mass is 10.2. The van der Waals surface area contributed by atoms with Crippen molar-refractivity contribution in [3.05, 3.63) is 25.3 Å². The summed E-state index contributed by atoms with van der Waals surface area (Å²) in [5.41, 5.74) is 4.44. The lowest BCUT2D eigenvalue weighted by molar-refractivity contribution is -0.145. The van der Waals surface area contributed by atoms with E-state index in [4.69, 9.17) is 10.5 Å². The fourth-order valence-electron chi connectivity index (χ4n) is 3.32. The molecule has 0 rings (SSSR count). The van der Waals surface area contributed by atoms with Crippen LogP contribution in [0.2, 0.25) is 0 Å². The fourth-order valence-corrected chi connectivity index (χ4v) is 3.32. The van der Waals surface area contributed by atoms with Gasteiger partial charge in [-0.25, -0.2) is 4.79 Å². The van der Waals surface area contributed by atoms with Crippen LogP contribution in [0.4, 0.5) is 4.79 Å². The van der Waals surface area contributed by atoms with Crippen LogP contribution in [0.25, 0.3) is 0 Å². The van der Waals surface area contributed by atoms with Crippen molar-refractivity contribution in [3.8, 4) is 0 Å². The van der Waals surface area contributed by atoms with E-state index in [1.165, 1.54) is 39.2 Å². The Balaban J connectivity index is 4.98. The molecule has 0 aromatic carbocycles. The minimum absolute atomic E-state index is 0.0617. The Morgan fingerprint density at radius 3 is 1.37 bits per heavy atom. The SMILES string of the molecule is C=CCCN(CC(N)=O)C(=O)CN(C)C(=O)CN(C)C(=O)CN(C)C(=O)CN(C)C(=O)CN(CC=C)C(=O)OC(C)(C)C. The first-order valence-corrected chi connectivity index (χ1v) is 13.5. The highest BCUT2D eigenvalue weighted by Crippen LogP contribution is 2.10. The topological polar surface area (TPSA) is 174 Å². The summed E-state index contributed by atoms with van der Waals surface area (Å²) in [4.78, 5) is 93.8. The van der Waals surface area contributed by atoms with Crippen molar-refractivity contribution in [1.29, 1.82) is 0 Å². The van der Waals surface area contributed by atoms with Crippen molar-refractivity contribution >= 4 is 41.5 Å². The highest BCUT2D eigenvalue weighted by atomic mass is 16.6. The van der Waals surface area contributed by atoms with Gasteiger partial charge >= 0.3 is 6.09 Å². The third-order valence-corrected chi connectivity index (χ3v) is 5.82. The summed E-state index contributed by atoms with van der Waals surface area (Å²) in [5, 5.41) is 0. The molecule has 43 heavy (non-hydrogen) atoms. The van der Waals surface area contributed by atoms with E-state index in [0.717, 1.165) is 24.5 Å². The number of primary amides is 1. The van der Waals surface area contributed by atoms with Crippen LogP contribution in [0.5, 0.6) is 0 Å². The molecule has 0 aliphatic rings. The van der Waals surface area contributed by atoms with Gasteiger partial charge in [0.05, 0.1) is 32.7 Å². The Kier molecular flexibility index (Phi) is 16.3. The van der Waals surface area contributed by atoms with Crippen molar-refractivity contribution in [2.45, 2.75) is 32.8 Å². The molecule has 15 nitrogen and oxygen atoms in total. The standard InChI is InChI=1S/C28H47N7O8/c1-10-12-14-34(15-21(29)36)26(41)19-33(9)24(39)17-31(7)22(37)16-30(6)23(38)18-32(8)25(40)20-35(13-11-2)27(42)43-28(3,4)5/h10-11H,1-2,12-20H2,3-9H3,(H2,29,36). The molecule has 15 heteroatoms. The molecule has 0 aromatic rings. The summed E-state index contributed by atoms with van der Waals surface area (Å²) >= 11 is 0. The van der Waals surface area contributed by atoms with E-state index in [9.17, 15) is 33.6 Å². The predicted molar refractivity (Wildman–Crippen MR) is 159 cm³/mol. The Bertz CT molecular complexity index is 1060. The second-order valence-corrected chi connectivity index (χ2v) is 11.0. The number of carbonyl (C=O) groups excluding carboxylic acids is 7. The minimum atomic E-state index is -0.764. The summed E-state index contributed by atoms with van der Waals surface area (Å²) in [5.74, 6) is -3.36. The van der Waals surface area contributed by atoms with Crippen LogP contribution >= 0.6 is 0 Å². The van der Waals surface area contributed by atoms with Crippen molar-refractivity contribution in [1.82, 2.24) is 29.4 Å². The molecular formula is C28H47N7O8. The maximum absolute atomic E-state index is 12.7. The van der Waals surface area contributed by atoms with E-state index in [0.29, 0.717) is 6.42 Å². The molecule has 0 aliphatic heterocycles. The number of hydrogen-bond acceptors (Lipinski definition) is 8. The maximum Gasteiger partial charge on any atom is 0.411 e. The Labute approximate surface area is 253 Å². The molecule has 0 unspecified atom stereocenters. The van der Waals surface area contributed by atoms with E-state index in [2.05, 4.69) is 13.2 Å². The van der Waals surface area contributed by atoms with Gasteiger partial charge in [-0.2, -0.15) is 0 Å². The number of hydrogen-bond donors (Lipinski definition) is 1. The average Bonchev–Trinajstić information content (AvgIpc) is 2.88. The normalized spacial score (nSPS) is 10.6. The highest BCUT2D eigenvalue weighted by Gasteiger charge is 2.27. The summed E-state index contributed by atoms with van der Waals surface area (Å²) in [6.45, 7) is 10.4. The lowest BCUT2D eigenvalue weighted by Crippen LogP contribution is -2.49. The van der Waals surface area contributed by atoms with E-state index in [1.807, 2.05) is 0 Å².